The van der Waals surface area contributed by atoms with Gasteiger partial charge in [-0.1, -0.05) is 54.6 Å². The number of aliphatic imine (C=N–C) groups is 1. The van der Waals surface area contributed by atoms with E-state index in [0.717, 1.165) is 11.5 Å². The predicted octanol–water partition coefficient (Wildman–Crippen LogP) is 4.15. The number of benzene rings is 2. The van der Waals surface area contributed by atoms with Crippen molar-refractivity contribution in [3.8, 4) is 0 Å². The van der Waals surface area contributed by atoms with Crippen LogP contribution in [0.1, 0.15) is 18.1 Å². The molecule has 0 aliphatic carbocycles. The van der Waals surface area contributed by atoms with Crippen molar-refractivity contribution in [3.63, 3.8) is 0 Å². The van der Waals surface area contributed by atoms with Crippen molar-refractivity contribution in [3.05, 3.63) is 78.4 Å². The molecule has 0 bridgehead atoms. The Morgan fingerprint density at radius 3 is 2.55 bits per heavy atom. The first kappa shape index (κ1) is 12.7. The lowest BCUT2D eigenvalue weighted by atomic mass is 9.83. The quantitative estimate of drug-likeness (QED) is 0.825. The van der Waals surface area contributed by atoms with E-state index in [9.17, 15) is 0 Å². The summed E-state index contributed by atoms with van der Waals surface area (Å²) in [5.74, 6) is 0.970. The fourth-order valence-corrected chi connectivity index (χ4v) is 2.59. The molecular weight excluding hydrogens is 244 g/mol. The van der Waals surface area contributed by atoms with Crippen LogP contribution in [0.15, 0.2) is 72.2 Å². The van der Waals surface area contributed by atoms with Gasteiger partial charge < -0.3 is 5.32 Å². The number of amidine groups is 1. The number of rotatable bonds is 3. The number of para-hydroxylation sites is 1. The second-order valence-electron chi connectivity index (χ2n) is 5.23. The van der Waals surface area contributed by atoms with Gasteiger partial charge in [-0.15, -0.1) is 6.58 Å². The lowest BCUT2D eigenvalue weighted by Gasteiger charge is -2.20. The Morgan fingerprint density at radius 2 is 1.80 bits per heavy atom. The Labute approximate surface area is 119 Å². The Morgan fingerprint density at radius 1 is 1.10 bits per heavy atom. The molecule has 1 unspecified atom stereocenters. The van der Waals surface area contributed by atoms with E-state index < -0.39 is 0 Å². The largest absolute Gasteiger partial charge is 0.343 e. The van der Waals surface area contributed by atoms with Gasteiger partial charge in [0.15, 0.2) is 0 Å². The number of hydrogen-bond acceptors (Lipinski definition) is 1. The first-order valence-corrected chi connectivity index (χ1v) is 6.83. The fourth-order valence-electron chi connectivity index (χ4n) is 2.59. The highest BCUT2D eigenvalue weighted by atomic mass is 15.0. The minimum absolute atomic E-state index is 0.231. The summed E-state index contributed by atoms with van der Waals surface area (Å²) in [4.78, 5) is 4.77. The van der Waals surface area contributed by atoms with Crippen LogP contribution in [0.4, 0.5) is 5.69 Å². The van der Waals surface area contributed by atoms with E-state index in [1.165, 1.54) is 11.1 Å². The van der Waals surface area contributed by atoms with Crippen molar-refractivity contribution in [2.45, 2.75) is 18.9 Å². The average Bonchev–Trinajstić information content (AvgIpc) is 2.80. The number of nitrogens with one attached hydrogen (secondary N) is 1. The van der Waals surface area contributed by atoms with Gasteiger partial charge in [0.1, 0.15) is 5.84 Å². The minimum atomic E-state index is -0.231. The smallest absolute Gasteiger partial charge is 0.115 e. The van der Waals surface area contributed by atoms with Gasteiger partial charge in [-0.25, -0.2) is 0 Å². The highest BCUT2D eigenvalue weighted by Crippen LogP contribution is 2.38. The molecule has 1 N–H and O–H groups in total. The summed E-state index contributed by atoms with van der Waals surface area (Å²) in [5, 5.41) is 3.42. The van der Waals surface area contributed by atoms with Gasteiger partial charge in [0.25, 0.3) is 0 Å². The van der Waals surface area contributed by atoms with E-state index in [-0.39, 0.29) is 5.41 Å². The summed E-state index contributed by atoms with van der Waals surface area (Å²) in [7, 11) is 0. The third-order valence-electron chi connectivity index (χ3n) is 3.90. The van der Waals surface area contributed by atoms with Crippen LogP contribution in [-0.2, 0) is 12.0 Å². The zero-order valence-electron chi connectivity index (χ0n) is 11.6. The molecule has 0 radical (unpaired) electrons. The topological polar surface area (TPSA) is 24.4 Å². The molecule has 0 amide bonds. The van der Waals surface area contributed by atoms with Gasteiger partial charge in [0, 0.05) is 5.69 Å². The van der Waals surface area contributed by atoms with Crippen molar-refractivity contribution in [1.29, 1.82) is 0 Å². The summed E-state index contributed by atoms with van der Waals surface area (Å²) in [5.41, 5.74) is 3.35. The van der Waals surface area contributed by atoms with Crippen LogP contribution in [0.3, 0.4) is 0 Å². The molecule has 0 saturated carbocycles. The molecular formula is C18H18N2. The fraction of sp³-hybridized carbons (Fsp3) is 0.167. The van der Waals surface area contributed by atoms with Gasteiger partial charge in [-0.2, -0.15) is 0 Å². The molecule has 1 aliphatic heterocycles. The lowest BCUT2D eigenvalue weighted by molar-refractivity contribution is 0.822. The van der Waals surface area contributed by atoms with E-state index in [0.29, 0.717) is 6.54 Å². The van der Waals surface area contributed by atoms with Crippen LogP contribution >= 0.6 is 0 Å². The highest BCUT2D eigenvalue weighted by molar-refractivity contribution is 6.10. The van der Waals surface area contributed by atoms with Gasteiger partial charge in [-0.3, -0.25) is 4.99 Å². The molecule has 2 nitrogen and oxygen atoms in total. The lowest BCUT2D eigenvalue weighted by Crippen LogP contribution is -2.28. The highest BCUT2D eigenvalue weighted by Gasteiger charge is 2.37. The van der Waals surface area contributed by atoms with Crippen LogP contribution in [-0.4, -0.2) is 5.84 Å². The molecule has 1 heterocycles. The molecule has 2 aromatic carbocycles. The van der Waals surface area contributed by atoms with Crippen molar-refractivity contribution >= 4 is 11.5 Å². The molecule has 0 spiro atoms. The Bertz CT molecular complexity index is 658. The van der Waals surface area contributed by atoms with E-state index in [4.69, 9.17) is 4.99 Å². The Balaban J connectivity index is 1.94. The Kier molecular flexibility index (Phi) is 3.15. The summed E-state index contributed by atoms with van der Waals surface area (Å²) in [6, 6.07) is 18.6. The standard InChI is InChI=1S/C18H18N2/c1-3-18(2)15-11-7-8-12-16(15)20-17(18)19-13-14-9-5-4-6-10-14/h3-12H,1,13H2,2H3,(H,19,20). The van der Waals surface area contributed by atoms with Gasteiger partial charge >= 0.3 is 0 Å². The Hall–Kier alpha value is -2.35. The number of hydrogen-bond donors (Lipinski definition) is 1. The van der Waals surface area contributed by atoms with Crippen LogP contribution < -0.4 is 5.32 Å². The molecule has 1 aliphatic rings. The first-order chi connectivity index (χ1) is 9.74. The molecule has 1 atom stereocenters. The van der Waals surface area contributed by atoms with Gasteiger partial charge in [-0.05, 0) is 24.1 Å². The van der Waals surface area contributed by atoms with Crippen LogP contribution in [0, 0.1) is 0 Å². The minimum Gasteiger partial charge on any atom is -0.343 e. The third kappa shape index (κ3) is 2.03. The number of anilines is 1. The van der Waals surface area contributed by atoms with Gasteiger partial charge in [0.05, 0.1) is 12.0 Å². The molecule has 2 aromatic rings. The van der Waals surface area contributed by atoms with E-state index in [1.54, 1.807) is 0 Å². The predicted molar refractivity (Wildman–Crippen MR) is 85.2 cm³/mol. The van der Waals surface area contributed by atoms with Crippen molar-refractivity contribution in [2.75, 3.05) is 5.32 Å². The van der Waals surface area contributed by atoms with Crippen LogP contribution in [0.5, 0.6) is 0 Å². The molecule has 2 heteroatoms. The zero-order valence-corrected chi connectivity index (χ0v) is 11.6. The maximum Gasteiger partial charge on any atom is 0.115 e. The van der Waals surface area contributed by atoms with Crippen molar-refractivity contribution < 1.29 is 0 Å². The molecule has 100 valence electrons. The summed E-state index contributed by atoms with van der Waals surface area (Å²) in [6.45, 7) is 6.83. The first-order valence-electron chi connectivity index (χ1n) is 6.83. The van der Waals surface area contributed by atoms with Crippen LogP contribution in [0.2, 0.25) is 0 Å². The van der Waals surface area contributed by atoms with Crippen LogP contribution in [0.25, 0.3) is 0 Å². The summed E-state index contributed by atoms with van der Waals surface area (Å²) in [6.07, 6.45) is 1.97. The second-order valence-corrected chi connectivity index (χ2v) is 5.23. The number of nitrogens with zero attached hydrogens (tertiary/aromatic N) is 1. The molecule has 0 saturated heterocycles. The molecule has 3 rings (SSSR count). The maximum absolute atomic E-state index is 4.77. The molecule has 20 heavy (non-hydrogen) atoms. The van der Waals surface area contributed by atoms with Crippen molar-refractivity contribution in [2.24, 2.45) is 4.99 Å². The second kappa shape index (κ2) is 4.97. The zero-order chi connectivity index (χ0) is 14.0. The SMILES string of the molecule is C=CC1(C)C(=NCc2ccccc2)Nc2ccccc21. The number of fused-ring (bicyclic) bond motifs is 1. The summed E-state index contributed by atoms with van der Waals surface area (Å²) >= 11 is 0. The maximum atomic E-state index is 4.77. The van der Waals surface area contributed by atoms with Crippen molar-refractivity contribution in [1.82, 2.24) is 0 Å². The molecule has 0 aromatic heterocycles. The van der Waals surface area contributed by atoms with E-state index in [2.05, 4.69) is 49.2 Å². The van der Waals surface area contributed by atoms with Gasteiger partial charge in [0.2, 0.25) is 0 Å². The third-order valence-corrected chi connectivity index (χ3v) is 3.90. The van der Waals surface area contributed by atoms with E-state index >= 15 is 0 Å². The normalized spacial score (nSPS) is 22.4. The summed E-state index contributed by atoms with van der Waals surface area (Å²) < 4.78 is 0. The monoisotopic (exact) mass is 262 g/mol. The van der Waals surface area contributed by atoms with E-state index in [1.807, 2.05) is 30.3 Å². The molecule has 0 fully saturated rings. The average molecular weight is 262 g/mol.